The monoisotopic (exact) mass is 436 g/mol. The third-order valence-electron chi connectivity index (χ3n) is 5.92. The quantitative estimate of drug-likeness (QED) is 0.284. The summed E-state index contributed by atoms with van der Waals surface area (Å²) in [5.41, 5.74) is -2.80. The average molecular weight is 437 g/mol. The van der Waals surface area contributed by atoms with Crippen LogP contribution in [0, 0.1) is 11.8 Å². The number of carbonyl (C=O) groups excluding carboxylic acids is 2. The van der Waals surface area contributed by atoms with E-state index in [0.717, 1.165) is 12.8 Å². The van der Waals surface area contributed by atoms with Gasteiger partial charge in [0.25, 0.3) is 0 Å². The van der Waals surface area contributed by atoms with Crippen molar-refractivity contribution in [2.75, 3.05) is 6.61 Å². The lowest BCUT2D eigenvalue weighted by atomic mass is 9.87. The standard InChI is InChI=1S/C22H35F3O5/c1-2-3-12-21(30,22(23,24)25)13-8-11-18-17(19(28)14-20(18)29)10-7-5-4-6-9-16(27)15-26/h8,11,17-18,20,26,29-30H,2-7,9-10,12-15H2,1H3/t17-,18-,20-,21?/m1/s1. The van der Waals surface area contributed by atoms with E-state index in [1.165, 1.54) is 12.2 Å². The first-order valence-corrected chi connectivity index (χ1v) is 10.8. The Balaban J connectivity index is 2.60. The molecule has 1 saturated carbocycles. The van der Waals surface area contributed by atoms with Gasteiger partial charge in [0.05, 0.1) is 6.10 Å². The maximum absolute atomic E-state index is 13.3. The molecule has 0 aromatic rings. The van der Waals surface area contributed by atoms with E-state index in [1.807, 2.05) is 0 Å². The van der Waals surface area contributed by atoms with Gasteiger partial charge >= 0.3 is 6.18 Å². The first-order valence-electron chi connectivity index (χ1n) is 10.8. The molecular weight excluding hydrogens is 401 g/mol. The number of hydrogen-bond donors (Lipinski definition) is 3. The lowest BCUT2D eigenvalue weighted by molar-refractivity contribution is -0.261. The summed E-state index contributed by atoms with van der Waals surface area (Å²) in [6.07, 6.45) is 0.647. The molecule has 3 N–H and O–H groups in total. The van der Waals surface area contributed by atoms with Crippen LogP contribution in [0.5, 0.6) is 0 Å². The Morgan fingerprint density at radius 1 is 1.17 bits per heavy atom. The molecular formula is C22H35F3O5. The van der Waals surface area contributed by atoms with Crippen molar-refractivity contribution in [2.24, 2.45) is 11.8 Å². The number of rotatable bonds is 14. The fourth-order valence-corrected chi connectivity index (χ4v) is 3.96. The fraction of sp³-hybridized carbons (Fsp3) is 0.818. The van der Waals surface area contributed by atoms with Gasteiger partial charge in [-0.2, -0.15) is 13.2 Å². The molecule has 0 aromatic carbocycles. The molecule has 5 nitrogen and oxygen atoms in total. The normalized spacial score (nSPS) is 24.5. The van der Waals surface area contributed by atoms with Crippen LogP contribution in [0.1, 0.15) is 77.6 Å². The van der Waals surface area contributed by atoms with Crippen molar-refractivity contribution < 1.29 is 38.1 Å². The van der Waals surface area contributed by atoms with Crippen molar-refractivity contribution in [2.45, 2.75) is 95.4 Å². The second-order valence-corrected chi connectivity index (χ2v) is 8.34. The third kappa shape index (κ3) is 8.12. The first-order chi connectivity index (χ1) is 14.1. The maximum atomic E-state index is 13.3. The summed E-state index contributed by atoms with van der Waals surface area (Å²) in [5, 5.41) is 28.9. The van der Waals surface area contributed by atoms with Crippen molar-refractivity contribution in [3.8, 4) is 0 Å². The smallest absolute Gasteiger partial charge is 0.392 e. The molecule has 174 valence electrons. The number of hydrogen-bond acceptors (Lipinski definition) is 5. The Morgan fingerprint density at radius 2 is 1.83 bits per heavy atom. The van der Waals surface area contributed by atoms with Crippen LogP contribution in [-0.4, -0.2) is 51.4 Å². The van der Waals surface area contributed by atoms with Gasteiger partial charge in [-0.15, -0.1) is 0 Å². The van der Waals surface area contributed by atoms with Crippen molar-refractivity contribution in [1.82, 2.24) is 0 Å². The van der Waals surface area contributed by atoms with E-state index in [4.69, 9.17) is 5.11 Å². The third-order valence-corrected chi connectivity index (χ3v) is 5.92. The van der Waals surface area contributed by atoms with Crippen molar-refractivity contribution >= 4 is 11.6 Å². The van der Waals surface area contributed by atoms with Crippen LogP contribution in [0.3, 0.4) is 0 Å². The molecule has 0 radical (unpaired) electrons. The molecule has 1 aliphatic rings. The van der Waals surface area contributed by atoms with Crippen LogP contribution < -0.4 is 0 Å². The molecule has 0 bridgehead atoms. The zero-order valence-corrected chi connectivity index (χ0v) is 17.7. The Bertz CT molecular complexity index is 576. The number of Topliss-reactive ketones (excluding diaryl/α,β-unsaturated/α-hetero) is 2. The number of unbranched alkanes of at least 4 members (excludes halogenated alkanes) is 4. The average Bonchev–Trinajstić information content (AvgIpc) is 2.94. The minimum Gasteiger partial charge on any atom is -0.392 e. The molecule has 1 aliphatic carbocycles. The molecule has 30 heavy (non-hydrogen) atoms. The van der Waals surface area contributed by atoms with Gasteiger partial charge in [-0.25, -0.2) is 0 Å². The summed E-state index contributed by atoms with van der Waals surface area (Å²) in [6.45, 7) is 1.30. The van der Waals surface area contributed by atoms with Crippen LogP contribution in [0.25, 0.3) is 0 Å². The summed E-state index contributed by atoms with van der Waals surface area (Å²) >= 11 is 0. The summed E-state index contributed by atoms with van der Waals surface area (Å²) in [5.74, 6) is -1.28. The summed E-state index contributed by atoms with van der Waals surface area (Å²) in [7, 11) is 0. The van der Waals surface area contributed by atoms with Crippen molar-refractivity contribution in [1.29, 1.82) is 0 Å². The molecule has 0 aromatic heterocycles. The molecule has 0 amide bonds. The zero-order valence-electron chi connectivity index (χ0n) is 17.7. The zero-order chi connectivity index (χ0) is 22.8. The van der Waals surface area contributed by atoms with Gasteiger partial charge in [0.15, 0.2) is 11.4 Å². The Morgan fingerprint density at radius 3 is 2.43 bits per heavy atom. The van der Waals surface area contributed by atoms with Crippen LogP contribution in [0.2, 0.25) is 0 Å². The highest BCUT2D eigenvalue weighted by Crippen LogP contribution is 2.39. The van der Waals surface area contributed by atoms with E-state index in [2.05, 4.69) is 0 Å². The number of aliphatic hydroxyl groups is 3. The van der Waals surface area contributed by atoms with Gasteiger partial charge in [0, 0.05) is 31.1 Å². The highest BCUT2D eigenvalue weighted by atomic mass is 19.4. The lowest BCUT2D eigenvalue weighted by Crippen LogP contribution is -2.44. The second-order valence-electron chi connectivity index (χ2n) is 8.34. The summed E-state index contributed by atoms with van der Waals surface area (Å²) < 4.78 is 39.8. The number of aliphatic hydroxyl groups excluding tert-OH is 2. The van der Waals surface area contributed by atoms with Gasteiger partial charge in [-0.05, 0) is 19.3 Å². The van der Waals surface area contributed by atoms with Gasteiger partial charge < -0.3 is 15.3 Å². The number of halogens is 3. The van der Waals surface area contributed by atoms with Gasteiger partial charge in [-0.1, -0.05) is 51.2 Å². The largest absolute Gasteiger partial charge is 0.417 e. The van der Waals surface area contributed by atoms with E-state index in [1.54, 1.807) is 6.92 Å². The van der Waals surface area contributed by atoms with Crippen LogP contribution in [0.4, 0.5) is 13.2 Å². The van der Waals surface area contributed by atoms with Crippen molar-refractivity contribution in [3.63, 3.8) is 0 Å². The molecule has 0 heterocycles. The molecule has 1 unspecified atom stereocenters. The van der Waals surface area contributed by atoms with E-state index in [0.29, 0.717) is 32.1 Å². The Labute approximate surface area is 176 Å². The van der Waals surface area contributed by atoms with Crippen molar-refractivity contribution in [3.05, 3.63) is 12.2 Å². The second kappa shape index (κ2) is 12.6. The highest BCUT2D eigenvalue weighted by molar-refractivity contribution is 5.84. The fourth-order valence-electron chi connectivity index (χ4n) is 3.96. The Hall–Kier alpha value is -1.25. The Kier molecular flexibility index (Phi) is 11.2. The van der Waals surface area contributed by atoms with Gasteiger partial charge in [0.2, 0.25) is 0 Å². The molecule has 0 spiro atoms. The van der Waals surface area contributed by atoms with Crippen LogP contribution >= 0.6 is 0 Å². The number of carbonyl (C=O) groups is 2. The molecule has 8 heteroatoms. The van der Waals surface area contributed by atoms with Gasteiger partial charge in [0.1, 0.15) is 12.4 Å². The van der Waals surface area contributed by atoms with Gasteiger partial charge in [-0.3, -0.25) is 9.59 Å². The van der Waals surface area contributed by atoms with Crippen LogP contribution in [-0.2, 0) is 9.59 Å². The van der Waals surface area contributed by atoms with E-state index in [-0.39, 0.29) is 30.8 Å². The highest BCUT2D eigenvalue weighted by Gasteiger charge is 2.52. The molecule has 1 fully saturated rings. The minimum atomic E-state index is -4.74. The summed E-state index contributed by atoms with van der Waals surface area (Å²) in [6, 6.07) is 0. The number of ketones is 2. The topological polar surface area (TPSA) is 94.8 Å². The van der Waals surface area contributed by atoms with E-state index in [9.17, 15) is 33.0 Å². The predicted molar refractivity (Wildman–Crippen MR) is 107 cm³/mol. The van der Waals surface area contributed by atoms with Crippen LogP contribution in [0.15, 0.2) is 12.2 Å². The SMILES string of the molecule is CCCCC(O)(CC=C[C@H]1[C@H](O)CC(=O)[C@@H]1CCCCCCC(=O)CO)C(F)(F)F. The predicted octanol–water partition coefficient (Wildman–Crippen LogP) is 3.88. The lowest BCUT2D eigenvalue weighted by Gasteiger charge is -2.29. The molecule has 4 atom stereocenters. The maximum Gasteiger partial charge on any atom is 0.417 e. The van der Waals surface area contributed by atoms with E-state index < -0.39 is 42.7 Å². The number of alkyl halides is 3. The summed E-state index contributed by atoms with van der Waals surface area (Å²) in [4.78, 5) is 23.3. The molecule has 0 aliphatic heterocycles. The van der Waals surface area contributed by atoms with E-state index >= 15 is 0 Å². The first kappa shape index (κ1) is 26.8. The minimum absolute atomic E-state index is 0.00987. The molecule has 1 rings (SSSR count). The molecule has 0 saturated heterocycles.